The number of carbonyl (C=O) groups is 1. The van der Waals surface area contributed by atoms with Gasteiger partial charge in [0.1, 0.15) is 21.5 Å². The molecule has 2 fully saturated rings. The summed E-state index contributed by atoms with van der Waals surface area (Å²) in [5.74, 6) is 0.930. The monoisotopic (exact) mass is 496 g/mol. The van der Waals surface area contributed by atoms with Crippen LogP contribution in [0.5, 0.6) is 0 Å². The summed E-state index contributed by atoms with van der Waals surface area (Å²) < 4.78 is 13.2. The molecular weight excluding hydrogens is 472 g/mol. The van der Waals surface area contributed by atoms with Crippen LogP contribution in [-0.2, 0) is 16.1 Å². The summed E-state index contributed by atoms with van der Waals surface area (Å²) in [6.45, 7) is 7.36. The van der Waals surface area contributed by atoms with E-state index in [1.54, 1.807) is 30.7 Å². The molecule has 0 N–H and O–H groups in total. The number of anilines is 1. The average molecular weight is 497 g/mol. The van der Waals surface area contributed by atoms with Crippen LogP contribution in [0.25, 0.3) is 11.7 Å². The Morgan fingerprint density at radius 2 is 1.97 bits per heavy atom. The zero-order valence-electron chi connectivity index (χ0n) is 19.1. The fraction of sp³-hybridized carbons (Fsp3) is 0.333. The predicted octanol–water partition coefficient (Wildman–Crippen LogP) is 3.61. The minimum absolute atomic E-state index is 0.0126. The molecule has 8 nitrogen and oxygen atoms in total. The van der Waals surface area contributed by atoms with Crippen molar-refractivity contribution in [3.8, 4) is 0 Å². The van der Waals surface area contributed by atoms with Crippen LogP contribution in [0, 0.1) is 6.92 Å². The number of furan rings is 1. The van der Waals surface area contributed by atoms with Gasteiger partial charge in [-0.25, -0.2) is 4.98 Å². The van der Waals surface area contributed by atoms with E-state index in [1.807, 2.05) is 32.9 Å². The van der Waals surface area contributed by atoms with Crippen LogP contribution in [-0.4, -0.2) is 49.8 Å². The van der Waals surface area contributed by atoms with E-state index in [0.29, 0.717) is 45.1 Å². The largest absolute Gasteiger partial charge is 0.467 e. The number of ether oxygens (including phenoxy) is 1. The molecule has 1 amide bonds. The van der Waals surface area contributed by atoms with E-state index in [0.717, 1.165) is 5.56 Å². The van der Waals surface area contributed by atoms with Gasteiger partial charge in [0.25, 0.3) is 11.5 Å². The average Bonchev–Trinajstić information content (AvgIpc) is 3.39. The van der Waals surface area contributed by atoms with E-state index in [9.17, 15) is 9.59 Å². The van der Waals surface area contributed by atoms with Crippen LogP contribution < -0.4 is 10.5 Å². The number of pyridine rings is 1. The number of rotatable bonds is 4. The molecule has 2 atom stereocenters. The zero-order chi connectivity index (χ0) is 24.0. The summed E-state index contributed by atoms with van der Waals surface area (Å²) in [6, 6.07) is 7.32. The van der Waals surface area contributed by atoms with Gasteiger partial charge in [0, 0.05) is 19.3 Å². The summed E-state index contributed by atoms with van der Waals surface area (Å²) in [6.07, 6.45) is 4.93. The van der Waals surface area contributed by atoms with E-state index >= 15 is 0 Å². The van der Waals surface area contributed by atoms with Crippen molar-refractivity contribution < 1.29 is 13.9 Å². The summed E-state index contributed by atoms with van der Waals surface area (Å²) >= 11 is 6.64. The number of aryl methyl sites for hydroxylation is 1. The quantitative estimate of drug-likeness (QED) is 0.400. The third kappa shape index (κ3) is 4.28. The van der Waals surface area contributed by atoms with Gasteiger partial charge in [0.15, 0.2) is 0 Å². The summed E-state index contributed by atoms with van der Waals surface area (Å²) in [4.78, 5) is 35.7. The molecular formula is C24H24N4O4S2. The van der Waals surface area contributed by atoms with Gasteiger partial charge in [-0.15, -0.1) is 0 Å². The van der Waals surface area contributed by atoms with Crippen molar-refractivity contribution in [3.63, 3.8) is 0 Å². The highest BCUT2D eigenvalue weighted by atomic mass is 32.2. The van der Waals surface area contributed by atoms with Crippen LogP contribution >= 0.6 is 24.0 Å². The maximum absolute atomic E-state index is 13.7. The minimum atomic E-state index is -0.255. The van der Waals surface area contributed by atoms with Crippen LogP contribution in [0.2, 0.25) is 0 Å². The molecule has 3 aromatic rings. The lowest BCUT2D eigenvalue weighted by atomic mass is 10.1. The Morgan fingerprint density at radius 1 is 1.21 bits per heavy atom. The molecule has 0 bridgehead atoms. The van der Waals surface area contributed by atoms with Gasteiger partial charge in [0.2, 0.25) is 0 Å². The van der Waals surface area contributed by atoms with Crippen molar-refractivity contribution in [1.82, 2.24) is 14.3 Å². The van der Waals surface area contributed by atoms with Crippen molar-refractivity contribution in [2.75, 3.05) is 18.0 Å². The Kier molecular flexibility index (Phi) is 6.05. The van der Waals surface area contributed by atoms with Crippen molar-refractivity contribution in [2.24, 2.45) is 0 Å². The normalized spacial score (nSPS) is 22.4. The fourth-order valence-electron chi connectivity index (χ4n) is 4.29. The van der Waals surface area contributed by atoms with E-state index in [1.165, 1.54) is 21.1 Å². The van der Waals surface area contributed by atoms with Gasteiger partial charge >= 0.3 is 0 Å². The molecule has 0 aliphatic carbocycles. The Morgan fingerprint density at radius 3 is 2.68 bits per heavy atom. The van der Waals surface area contributed by atoms with Gasteiger partial charge in [-0.05, 0) is 50.6 Å². The summed E-state index contributed by atoms with van der Waals surface area (Å²) in [7, 11) is 0. The second kappa shape index (κ2) is 9.01. The lowest BCUT2D eigenvalue weighted by Crippen LogP contribution is -2.46. The smallest absolute Gasteiger partial charge is 0.267 e. The molecule has 0 spiro atoms. The van der Waals surface area contributed by atoms with E-state index < -0.39 is 0 Å². The fourth-order valence-corrected chi connectivity index (χ4v) is 5.53. The van der Waals surface area contributed by atoms with Crippen LogP contribution in [0.1, 0.15) is 30.7 Å². The van der Waals surface area contributed by atoms with E-state index in [-0.39, 0.29) is 30.2 Å². The van der Waals surface area contributed by atoms with Crippen molar-refractivity contribution in [1.29, 1.82) is 0 Å². The first kappa shape index (κ1) is 22.8. The molecule has 2 aliphatic heterocycles. The molecule has 34 heavy (non-hydrogen) atoms. The first-order valence-corrected chi connectivity index (χ1v) is 12.2. The maximum atomic E-state index is 13.7. The van der Waals surface area contributed by atoms with Gasteiger partial charge in [-0.2, -0.15) is 0 Å². The molecule has 0 aromatic carbocycles. The first-order chi connectivity index (χ1) is 16.3. The van der Waals surface area contributed by atoms with Gasteiger partial charge in [-0.3, -0.25) is 18.9 Å². The second-order valence-electron chi connectivity index (χ2n) is 8.60. The number of thiocarbonyl (C=S) groups is 1. The summed E-state index contributed by atoms with van der Waals surface area (Å²) in [5, 5.41) is 0. The number of aromatic nitrogens is 2. The Hall–Kier alpha value is -2.95. The number of hydrogen-bond donors (Lipinski definition) is 0. The Labute approximate surface area is 206 Å². The van der Waals surface area contributed by atoms with E-state index in [2.05, 4.69) is 4.90 Å². The van der Waals surface area contributed by atoms with Gasteiger partial charge in [0.05, 0.1) is 35.5 Å². The number of fused-ring (bicyclic) bond motifs is 1. The summed E-state index contributed by atoms with van der Waals surface area (Å²) in [5.41, 5.74) is 1.63. The number of carbonyl (C=O) groups excluding carboxylic acids is 1. The maximum Gasteiger partial charge on any atom is 0.267 e. The Balaban J connectivity index is 1.61. The Bertz CT molecular complexity index is 1360. The third-order valence-corrected chi connectivity index (χ3v) is 7.13. The molecule has 5 rings (SSSR count). The second-order valence-corrected chi connectivity index (χ2v) is 10.3. The number of morpholine rings is 1. The molecule has 0 unspecified atom stereocenters. The molecule has 176 valence electrons. The molecule has 0 radical (unpaired) electrons. The number of thioether (sulfide) groups is 1. The minimum Gasteiger partial charge on any atom is -0.467 e. The molecule has 3 aromatic heterocycles. The first-order valence-electron chi connectivity index (χ1n) is 11.0. The van der Waals surface area contributed by atoms with Crippen molar-refractivity contribution in [3.05, 3.63) is 68.9 Å². The molecule has 0 saturated carbocycles. The molecule has 10 heteroatoms. The standard InChI is InChI=1S/C24H24N4O4S2/c1-14-6-7-20-25-21(26-11-15(2)32-16(3)12-26)18(22(29)27(20)10-14)9-19-23(30)28(24(33)34-19)13-17-5-4-8-31-17/h4-10,15-16H,11-13H2,1-3H3/b19-9-/t15-,16-/m1/s1. The van der Waals surface area contributed by atoms with E-state index in [4.69, 9.17) is 26.4 Å². The van der Waals surface area contributed by atoms with Crippen LogP contribution in [0.15, 0.2) is 50.8 Å². The number of hydrogen-bond acceptors (Lipinski definition) is 8. The van der Waals surface area contributed by atoms with Crippen LogP contribution in [0.3, 0.4) is 0 Å². The highest BCUT2D eigenvalue weighted by Crippen LogP contribution is 2.35. The van der Waals surface area contributed by atoms with Gasteiger partial charge < -0.3 is 14.1 Å². The zero-order valence-corrected chi connectivity index (χ0v) is 20.7. The van der Waals surface area contributed by atoms with Gasteiger partial charge in [-0.1, -0.05) is 30.0 Å². The highest BCUT2D eigenvalue weighted by molar-refractivity contribution is 8.26. The SMILES string of the molecule is Cc1ccc2nc(N3C[C@@H](C)O[C@H](C)C3)c(/C=C3\SC(=S)N(Cc4ccco4)C3=O)c(=O)n2c1. The lowest BCUT2D eigenvalue weighted by Gasteiger charge is -2.36. The van der Waals surface area contributed by atoms with Crippen molar-refractivity contribution >= 4 is 51.7 Å². The molecule has 5 heterocycles. The lowest BCUT2D eigenvalue weighted by molar-refractivity contribution is -0.122. The molecule has 2 saturated heterocycles. The predicted molar refractivity (Wildman–Crippen MR) is 136 cm³/mol. The van der Waals surface area contributed by atoms with Crippen molar-refractivity contribution in [2.45, 2.75) is 39.5 Å². The highest BCUT2D eigenvalue weighted by Gasteiger charge is 2.34. The van der Waals surface area contributed by atoms with Crippen LogP contribution in [0.4, 0.5) is 5.82 Å². The molecule has 2 aliphatic rings. The third-order valence-electron chi connectivity index (χ3n) is 5.75. The topological polar surface area (TPSA) is 80.3 Å². The number of nitrogens with zero attached hydrogens (tertiary/aromatic N) is 4. The number of amides is 1.